The molecule has 0 heterocycles. The van der Waals surface area contributed by atoms with E-state index in [0.29, 0.717) is 30.8 Å². The highest BCUT2D eigenvalue weighted by Gasteiger charge is 2.34. The molecule has 0 unspecified atom stereocenters. The predicted molar refractivity (Wildman–Crippen MR) is 229 cm³/mol. The number of ether oxygens (including phenoxy) is 6. The number of Topliss-reactive ketones (excluding diaryl/α,β-unsaturated/α-hetero) is 1. The van der Waals surface area contributed by atoms with Gasteiger partial charge in [-0.25, -0.2) is 14.4 Å². The van der Waals surface area contributed by atoms with Crippen LogP contribution in [0.5, 0.6) is 23.0 Å². The van der Waals surface area contributed by atoms with E-state index in [1.54, 1.807) is 55.5 Å². The molecule has 0 N–H and O–H groups in total. The molecule has 314 valence electrons. The fraction of sp³-hybridized carbons (Fsp3) is 0.327. The summed E-state index contributed by atoms with van der Waals surface area (Å²) in [5.74, 6) is -0.763. The lowest BCUT2D eigenvalue weighted by molar-refractivity contribution is -0.154. The molecule has 0 radical (unpaired) electrons. The van der Waals surface area contributed by atoms with Crippen molar-refractivity contribution in [2.24, 2.45) is 0 Å². The maximum atomic E-state index is 13.4. The minimum atomic E-state index is -0.789. The quantitative estimate of drug-likeness (QED) is 0.0274. The summed E-state index contributed by atoms with van der Waals surface area (Å²) in [4.78, 5) is 62.5. The lowest BCUT2D eigenvalue weighted by atomic mass is 9.92. The second-order valence-corrected chi connectivity index (χ2v) is 17.1. The van der Waals surface area contributed by atoms with Crippen molar-refractivity contribution in [2.75, 3.05) is 0 Å². The van der Waals surface area contributed by atoms with Gasteiger partial charge in [0, 0.05) is 25.3 Å². The number of hydrogen-bond acceptors (Lipinski definition) is 11. The third kappa shape index (κ3) is 11.8. The zero-order valence-electron chi connectivity index (χ0n) is 35.6. The highest BCUT2D eigenvalue weighted by molar-refractivity contribution is 6.02. The van der Waals surface area contributed by atoms with E-state index < -0.39 is 40.3 Å². The van der Waals surface area contributed by atoms with Crippen LogP contribution in [-0.4, -0.2) is 52.6 Å². The highest BCUT2D eigenvalue weighted by Crippen LogP contribution is 2.33. The molecule has 0 spiro atoms. The molecular weight excluding hydrogens is 765 g/mol. The Labute approximate surface area is 350 Å². The second-order valence-electron chi connectivity index (χ2n) is 17.1. The third-order valence-electron chi connectivity index (χ3n) is 9.48. The van der Waals surface area contributed by atoms with E-state index in [9.17, 15) is 24.0 Å². The molecule has 0 aromatic heterocycles. The first-order valence-electron chi connectivity index (χ1n) is 19.6. The Morgan fingerprint density at radius 3 is 1.53 bits per heavy atom. The van der Waals surface area contributed by atoms with E-state index in [0.717, 1.165) is 27.6 Å². The van der Waals surface area contributed by atoms with Gasteiger partial charge < -0.3 is 28.4 Å². The van der Waals surface area contributed by atoms with Crippen LogP contribution in [0.1, 0.15) is 113 Å². The normalized spacial score (nSPS) is 12.0. The number of ketones is 1. The van der Waals surface area contributed by atoms with E-state index in [1.807, 2.05) is 79.7 Å². The van der Waals surface area contributed by atoms with Crippen molar-refractivity contribution < 1.29 is 52.4 Å². The average Bonchev–Trinajstić information content (AvgIpc) is 3.16. The first kappa shape index (κ1) is 44.6. The third-order valence-corrected chi connectivity index (χ3v) is 9.48. The van der Waals surface area contributed by atoms with Gasteiger partial charge in [-0.15, -0.1) is 0 Å². The smallest absolute Gasteiger partial charge is 0.343 e. The molecule has 5 aromatic carbocycles. The zero-order chi connectivity index (χ0) is 44.0. The van der Waals surface area contributed by atoms with Crippen LogP contribution in [0, 0.1) is 0 Å². The minimum Gasteiger partial charge on any atom is -0.488 e. The number of rotatable bonds is 18. The van der Waals surface area contributed by atoms with E-state index >= 15 is 0 Å². The summed E-state index contributed by atoms with van der Waals surface area (Å²) in [6.07, 6.45) is 2.12. The van der Waals surface area contributed by atoms with Crippen LogP contribution in [0.3, 0.4) is 0 Å². The van der Waals surface area contributed by atoms with Crippen LogP contribution in [0.2, 0.25) is 0 Å². The molecule has 5 aromatic rings. The Kier molecular flexibility index (Phi) is 13.2. The molecule has 0 saturated heterocycles. The average molecular weight is 817 g/mol. The van der Waals surface area contributed by atoms with Crippen LogP contribution in [0.15, 0.2) is 104 Å². The summed E-state index contributed by atoms with van der Waals surface area (Å²) in [5, 5.41) is 3.19. The van der Waals surface area contributed by atoms with Crippen molar-refractivity contribution in [3.8, 4) is 23.0 Å². The van der Waals surface area contributed by atoms with Crippen LogP contribution in [-0.2, 0) is 19.1 Å². The van der Waals surface area contributed by atoms with E-state index in [2.05, 4.69) is 6.58 Å². The number of esters is 3. The molecule has 0 atom stereocenters. The number of hydrogen-bond donors (Lipinski definition) is 0. The molecule has 0 aliphatic carbocycles. The van der Waals surface area contributed by atoms with Crippen molar-refractivity contribution in [3.63, 3.8) is 0 Å². The van der Waals surface area contributed by atoms with Gasteiger partial charge in [-0.05, 0) is 144 Å². The fourth-order valence-electron chi connectivity index (χ4n) is 7.51. The Bertz CT molecular complexity index is 2460. The summed E-state index contributed by atoms with van der Waals surface area (Å²) in [6, 6.07) is 25.5. The Hall–Kier alpha value is -6.49. The van der Waals surface area contributed by atoms with Crippen molar-refractivity contribution in [3.05, 3.63) is 120 Å². The number of benzene rings is 5. The molecule has 0 fully saturated rings. The molecule has 0 aliphatic rings. The van der Waals surface area contributed by atoms with Gasteiger partial charge in [0.2, 0.25) is 0 Å². The zero-order valence-corrected chi connectivity index (χ0v) is 35.6. The molecule has 11 heteroatoms. The molecule has 5 rings (SSSR count). The van der Waals surface area contributed by atoms with Crippen LogP contribution >= 0.6 is 0 Å². The number of fused-ring (bicyclic) bond motifs is 2. The maximum absolute atomic E-state index is 13.4. The number of carbonyl (C=O) groups is 5. The van der Waals surface area contributed by atoms with Crippen LogP contribution in [0.4, 0.5) is 0 Å². The molecular formula is C49H52O11. The van der Waals surface area contributed by atoms with Crippen LogP contribution in [0.25, 0.3) is 21.5 Å². The fourth-order valence-corrected chi connectivity index (χ4v) is 7.51. The molecule has 0 amide bonds. The molecule has 0 bridgehead atoms. The van der Waals surface area contributed by atoms with Crippen molar-refractivity contribution in [1.82, 2.24) is 0 Å². The van der Waals surface area contributed by atoms with Crippen molar-refractivity contribution in [2.45, 2.75) is 104 Å². The van der Waals surface area contributed by atoms with Gasteiger partial charge >= 0.3 is 17.9 Å². The lowest BCUT2D eigenvalue weighted by Gasteiger charge is -2.34. The topological polar surface area (TPSA) is 141 Å². The number of carbonyl (C=O) groups excluding carboxylic acids is 5. The van der Waals surface area contributed by atoms with Gasteiger partial charge in [0.05, 0.1) is 16.7 Å². The van der Waals surface area contributed by atoms with Gasteiger partial charge in [-0.1, -0.05) is 37.8 Å². The van der Waals surface area contributed by atoms with Crippen molar-refractivity contribution >= 4 is 51.7 Å². The summed E-state index contributed by atoms with van der Waals surface area (Å²) >= 11 is 0. The second kappa shape index (κ2) is 17.8. The Balaban J connectivity index is 1.26. The van der Waals surface area contributed by atoms with Gasteiger partial charge in [-0.2, -0.15) is 0 Å². The van der Waals surface area contributed by atoms with Gasteiger partial charge in [-0.3, -0.25) is 9.59 Å². The highest BCUT2D eigenvalue weighted by atomic mass is 16.6. The minimum absolute atomic E-state index is 0.0335. The van der Waals surface area contributed by atoms with Gasteiger partial charge in [0.1, 0.15) is 45.4 Å². The Morgan fingerprint density at radius 2 is 1.03 bits per heavy atom. The summed E-state index contributed by atoms with van der Waals surface area (Å²) in [6.45, 7) is 20.5. The Morgan fingerprint density at radius 1 is 0.567 bits per heavy atom. The van der Waals surface area contributed by atoms with Gasteiger partial charge in [0.25, 0.3) is 6.47 Å². The lowest BCUT2D eigenvalue weighted by Crippen LogP contribution is -2.40. The molecule has 60 heavy (non-hydrogen) atoms. The first-order chi connectivity index (χ1) is 28.1. The van der Waals surface area contributed by atoms with E-state index in [-0.39, 0.29) is 40.4 Å². The first-order valence-corrected chi connectivity index (χ1v) is 19.6. The maximum Gasteiger partial charge on any atom is 0.343 e. The monoisotopic (exact) mass is 816 g/mol. The summed E-state index contributed by atoms with van der Waals surface area (Å²) in [7, 11) is 0. The van der Waals surface area contributed by atoms with Crippen molar-refractivity contribution in [1.29, 1.82) is 0 Å². The summed E-state index contributed by atoms with van der Waals surface area (Å²) < 4.78 is 34.6. The predicted octanol–water partition coefficient (Wildman–Crippen LogP) is 10.6. The largest absolute Gasteiger partial charge is 0.488 e. The molecule has 0 saturated carbocycles. The van der Waals surface area contributed by atoms with E-state index in [1.165, 1.54) is 18.2 Å². The van der Waals surface area contributed by atoms with E-state index in [4.69, 9.17) is 28.4 Å². The summed E-state index contributed by atoms with van der Waals surface area (Å²) in [5.41, 5.74) is -2.18. The standard InChI is InChI=1S/C49H52O11/c1-11-41(51)40-27-37(56-44(53)35-15-13-33-25-38(19-17-31(33)23-35)58-47(5,6)28-46(3,4)55-30-50)21-22-42(40)57-45(54)36-16-14-34-26-39(20-18-32(34)24-36)59-48(7,8)29-49(9,10)60-43(52)12-2/h12-27,30H,2,11,28-29H2,1,3-10H3. The molecule has 11 nitrogen and oxygen atoms in total. The van der Waals surface area contributed by atoms with Crippen LogP contribution < -0.4 is 18.9 Å². The SMILES string of the molecule is C=CC(=O)OC(C)(C)CC(C)(C)Oc1ccc2cc(C(=O)Oc3ccc(OC(=O)c4ccc5cc(OC(C)(C)CC(C)(C)OC=O)ccc5c4)cc3C(=O)CC)ccc2c1. The molecule has 0 aliphatic heterocycles. The van der Waals surface area contributed by atoms with Gasteiger partial charge in [0.15, 0.2) is 5.78 Å².